The first-order chi connectivity index (χ1) is 10.5. The molecule has 0 bridgehead atoms. The summed E-state index contributed by atoms with van der Waals surface area (Å²) >= 11 is 1.31. The highest BCUT2D eigenvalue weighted by Crippen LogP contribution is 2.28. The molecule has 1 amide bonds. The fraction of sp³-hybridized carbons (Fsp3) is 0.562. The van der Waals surface area contributed by atoms with Crippen LogP contribution in [0.3, 0.4) is 0 Å². The molecule has 2 heterocycles. The molecule has 1 aliphatic carbocycles. The molecule has 0 saturated heterocycles. The second kappa shape index (κ2) is 5.83. The molecule has 0 aromatic carbocycles. The zero-order valence-electron chi connectivity index (χ0n) is 13.2. The van der Waals surface area contributed by atoms with Crippen LogP contribution in [-0.4, -0.2) is 21.9 Å². The van der Waals surface area contributed by atoms with Gasteiger partial charge in [-0.2, -0.15) is 0 Å². The highest BCUT2D eigenvalue weighted by atomic mass is 32.1. The maximum atomic E-state index is 12.6. The van der Waals surface area contributed by atoms with Crippen LogP contribution in [0.25, 0.3) is 10.2 Å². The summed E-state index contributed by atoms with van der Waals surface area (Å²) in [7, 11) is 0. The first-order valence-corrected chi connectivity index (χ1v) is 8.60. The number of H-pyrrole nitrogens is 1. The SMILES string of the molecule is Cc1nc2sc(C(=O)NC3CCCCC3C)c(C)c2c(=O)[nH]1. The van der Waals surface area contributed by atoms with Crippen molar-refractivity contribution >= 4 is 27.5 Å². The van der Waals surface area contributed by atoms with Gasteiger partial charge in [0, 0.05) is 6.04 Å². The summed E-state index contributed by atoms with van der Waals surface area (Å²) in [5.41, 5.74) is 0.566. The van der Waals surface area contributed by atoms with Crippen LogP contribution in [0.5, 0.6) is 0 Å². The number of hydrogen-bond acceptors (Lipinski definition) is 4. The number of aromatic amines is 1. The normalized spacial score (nSPS) is 22.0. The number of fused-ring (bicyclic) bond motifs is 1. The van der Waals surface area contributed by atoms with Gasteiger partial charge in [-0.3, -0.25) is 9.59 Å². The molecule has 6 heteroatoms. The minimum Gasteiger partial charge on any atom is -0.348 e. The lowest BCUT2D eigenvalue weighted by molar-refractivity contribution is 0.0914. The van der Waals surface area contributed by atoms with Crippen LogP contribution < -0.4 is 10.9 Å². The zero-order chi connectivity index (χ0) is 15.9. The van der Waals surface area contributed by atoms with Crippen molar-refractivity contribution in [1.29, 1.82) is 0 Å². The van der Waals surface area contributed by atoms with Crippen molar-refractivity contribution < 1.29 is 4.79 Å². The van der Waals surface area contributed by atoms with Gasteiger partial charge in [0.25, 0.3) is 11.5 Å². The Kier molecular flexibility index (Phi) is 4.04. The van der Waals surface area contributed by atoms with Gasteiger partial charge >= 0.3 is 0 Å². The van der Waals surface area contributed by atoms with Crippen molar-refractivity contribution in [3.05, 3.63) is 26.6 Å². The van der Waals surface area contributed by atoms with Crippen LogP contribution in [0, 0.1) is 19.8 Å². The molecular formula is C16H21N3O2S. The van der Waals surface area contributed by atoms with Gasteiger partial charge in [0.05, 0.1) is 10.3 Å². The van der Waals surface area contributed by atoms with E-state index in [0.29, 0.717) is 26.8 Å². The third-order valence-corrected chi connectivity index (χ3v) is 5.74. The molecule has 0 radical (unpaired) electrons. The first-order valence-electron chi connectivity index (χ1n) is 7.78. The van der Waals surface area contributed by atoms with Crippen LogP contribution in [-0.2, 0) is 0 Å². The Morgan fingerprint density at radius 3 is 2.77 bits per heavy atom. The molecular weight excluding hydrogens is 298 g/mol. The summed E-state index contributed by atoms with van der Waals surface area (Å²) in [5, 5.41) is 3.69. The molecule has 0 aliphatic heterocycles. The lowest BCUT2D eigenvalue weighted by atomic mass is 9.86. The average molecular weight is 319 g/mol. The first kappa shape index (κ1) is 15.2. The second-order valence-corrected chi connectivity index (χ2v) is 7.23. The number of thiophene rings is 1. The lowest BCUT2D eigenvalue weighted by Gasteiger charge is -2.29. The number of carbonyl (C=O) groups excluding carboxylic acids is 1. The number of carbonyl (C=O) groups is 1. The fourth-order valence-electron chi connectivity index (χ4n) is 3.23. The molecule has 0 spiro atoms. The van der Waals surface area contributed by atoms with Gasteiger partial charge < -0.3 is 10.3 Å². The van der Waals surface area contributed by atoms with Gasteiger partial charge in [0.2, 0.25) is 0 Å². The number of amides is 1. The van der Waals surface area contributed by atoms with Crippen LogP contribution in [0.1, 0.15) is 53.7 Å². The molecule has 118 valence electrons. The topological polar surface area (TPSA) is 74.8 Å². The quantitative estimate of drug-likeness (QED) is 0.893. The number of hydrogen-bond donors (Lipinski definition) is 2. The standard InChI is InChI=1S/C16H21N3O2S/c1-8-6-4-5-7-11(8)19-15(21)13-9(2)12-14(20)17-10(3)18-16(12)22-13/h8,11H,4-7H2,1-3H3,(H,19,21)(H,17,18,20). The Morgan fingerprint density at radius 1 is 1.32 bits per heavy atom. The van der Waals surface area contributed by atoms with Crippen LogP contribution in [0.4, 0.5) is 0 Å². The Labute approximate surface area is 133 Å². The Hall–Kier alpha value is -1.69. The molecule has 1 saturated carbocycles. The largest absolute Gasteiger partial charge is 0.348 e. The van der Waals surface area contributed by atoms with Gasteiger partial charge in [-0.05, 0) is 38.2 Å². The third kappa shape index (κ3) is 2.67. The zero-order valence-corrected chi connectivity index (χ0v) is 14.0. The van der Waals surface area contributed by atoms with E-state index in [1.165, 1.54) is 24.2 Å². The van der Waals surface area contributed by atoms with Gasteiger partial charge in [-0.25, -0.2) is 4.98 Å². The monoisotopic (exact) mass is 319 g/mol. The molecule has 1 fully saturated rings. The Bertz CT molecular complexity index is 778. The minimum atomic E-state index is -0.165. The molecule has 2 aromatic rings. The van der Waals surface area contributed by atoms with Gasteiger partial charge in [0.15, 0.2) is 0 Å². The summed E-state index contributed by atoms with van der Waals surface area (Å²) in [4.78, 5) is 33.0. The average Bonchev–Trinajstić information content (AvgIpc) is 2.78. The number of aryl methyl sites for hydroxylation is 2. The van der Waals surface area contributed by atoms with E-state index in [1.807, 2.05) is 6.92 Å². The predicted octanol–water partition coefficient (Wildman–Crippen LogP) is 2.91. The highest BCUT2D eigenvalue weighted by Gasteiger charge is 2.25. The molecule has 3 rings (SSSR count). The molecule has 5 nitrogen and oxygen atoms in total. The maximum Gasteiger partial charge on any atom is 0.261 e. The van der Waals surface area contributed by atoms with Crippen LogP contribution >= 0.6 is 11.3 Å². The molecule has 2 aromatic heterocycles. The molecule has 2 unspecified atom stereocenters. The summed E-state index contributed by atoms with van der Waals surface area (Å²) in [6.07, 6.45) is 4.61. The van der Waals surface area contributed by atoms with Crippen molar-refractivity contribution in [2.45, 2.75) is 52.5 Å². The van der Waals surface area contributed by atoms with E-state index in [9.17, 15) is 9.59 Å². The number of nitrogens with one attached hydrogen (secondary N) is 2. The van der Waals surface area contributed by atoms with Gasteiger partial charge in [0.1, 0.15) is 10.7 Å². The van der Waals surface area contributed by atoms with Crippen molar-refractivity contribution in [3.63, 3.8) is 0 Å². The van der Waals surface area contributed by atoms with Gasteiger partial charge in [-0.15, -0.1) is 11.3 Å². The number of nitrogens with zero attached hydrogens (tertiary/aromatic N) is 1. The maximum absolute atomic E-state index is 12.6. The van der Waals surface area contributed by atoms with E-state index < -0.39 is 0 Å². The molecule has 22 heavy (non-hydrogen) atoms. The smallest absolute Gasteiger partial charge is 0.261 e. The van der Waals surface area contributed by atoms with Crippen molar-refractivity contribution in [2.24, 2.45) is 5.92 Å². The third-order valence-electron chi connectivity index (χ3n) is 4.55. The van der Waals surface area contributed by atoms with E-state index in [1.54, 1.807) is 6.92 Å². The van der Waals surface area contributed by atoms with E-state index in [4.69, 9.17) is 0 Å². The van der Waals surface area contributed by atoms with E-state index in [0.717, 1.165) is 18.4 Å². The summed E-state index contributed by atoms with van der Waals surface area (Å²) in [6, 6.07) is 0.235. The molecule has 1 aliphatic rings. The van der Waals surface area contributed by atoms with E-state index in [-0.39, 0.29) is 17.5 Å². The fourth-order valence-corrected chi connectivity index (χ4v) is 4.36. The lowest BCUT2D eigenvalue weighted by Crippen LogP contribution is -2.40. The van der Waals surface area contributed by atoms with Crippen LogP contribution in [0.2, 0.25) is 0 Å². The van der Waals surface area contributed by atoms with Crippen molar-refractivity contribution in [1.82, 2.24) is 15.3 Å². The molecule has 2 atom stereocenters. The summed E-state index contributed by atoms with van der Waals surface area (Å²) < 4.78 is 0. The number of aromatic nitrogens is 2. The Balaban J connectivity index is 1.92. The number of rotatable bonds is 2. The van der Waals surface area contributed by atoms with Crippen LogP contribution in [0.15, 0.2) is 4.79 Å². The van der Waals surface area contributed by atoms with Crippen molar-refractivity contribution in [3.8, 4) is 0 Å². The van der Waals surface area contributed by atoms with E-state index in [2.05, 4.69) is 22.2 Å². The Morgan fingerprint density at radius 2 is 2.05 bits per heavy atom. The second-order valence-electron chi connectivity index (χ2n) is 6.23. The predicted molar refractivity (Wildman–Crippen MR) is 88.6 cm³/mol. The molecule has 2 N–H and O–H groups in total. The summed E-state index contributed by atoms with van der Waals surface area (Å²) in [5.74, 6) is 1.01. The van der Waals surface area contributed by atoms with Crippen molar-refractivity contribution in [2.75, 3.05) is 0 Å². The minimum absolute atomic E-state index is 0.0729. The highest BCUT2D eigenvalue weighted by molar-refractivity contribution is 7.20. The summed E-state index contributed by atoms with van der Waals surface area (Å²) in [6.45, 7) is 5.77. The van der Waals surface area contributed by atoms with E-state index >= 15 is 0 Å². The van der Waals surface area contributed by atoms with Gasteiger partial charge in [-0.1, -0.05) is 19.8 Å².